The van der Waals surface area contributed by atoms with Crippen LogP contribution in [0.4, 0.5) is 0 Å². The highest BCUT2D eigenvalue weighted by atomic mass is 16.8. The van der Waals surface area contributed by atoms with Crippen molar-refractivity contribution in [1.29, 1.82) is 0 Å². The fourth-order valence-corrected chi connectivity index (χ4v) is 3.34. The van der Waals surface area contributed by atoms with Crippen molar-refractivity contribution < 1.29 is 9.57 Å². The van der Waals surface area contributed by atoms with E-state index >= 15 is 0 Å². The van der Waals surface area contributed by atoms with Crippen LogP contribution in [0.3, 0.4) is 0 Å². The Labute approximate surface area is 171 Å². The van der Waals surface area contributed by atoms with Gasteiger partial charge in [0.25, 0.3) is 0 Å². The second-order valence-electron chi connectivity index (χ2n) is 8.99. The van der Waals surface area contributed by atoms with Crippen molar-refractivity contribution in [2.45, 2.75) is 73.1 Å². The molecular weight excluding hydrogens is 346 g/mol. The smallest absolute Gasteiger partial charge is 0.215 e. The summed E-state index contributed by atoms with van der Waals surface area (Å²) in [5, 5.41) is 0. The van der Waals surface area contributed by atoms with Crippen LogP contribution in [0.25, 0.3) is 0 Å². The van der Waals surface area contributed by atoms with Crippen molar-refractivity contribution in [1.82, 2.24) is 5.48 Å². The van der Waals surface area contributed by atoms with E-state index < -0.39 is 6.29 Å². The largest absolute Gasteiger partial charge is 0.463 e. The first-order valence-corrected chi connectivity index (χ1v) is 10.4. The average Bonchev–Trinajstić information content (AvgIpc) is 2.63. The van der Waals surface area contributed by atoms with Gasteiger partial charge in [-0.05, 0) is 68.2 Å². The summed E-state index contributed by atoms with van der Waals surface area (Å²) in [6.45, 7) is 15.1. The molecule has 1 N–H and O–H groups in total. The van der Waals surface area contributed by atoms with Gasteiger partial charge < -0.3 is 4.74 Å². The quantitative estimate of drug-likeness (QED) is 0.388. The van der Waals surface area contributed by atoms with Crippen molar-refractivity contribution in [3.05, 3.63) is 65.2 Å². The van der Waals surface area contributed by atoms with Gasteiger partial charge in [-0.25, -0.2) is 0 Å². The fourth-order valence-electron chi connectivity index (χ4n) is 3.34. The Morgan fingerprint density at radius 3 is 2.07 bits per heavy atom. The third-order valence-electron chi connectivity index (χ3n) is 4.74. The molecule has 2 rings (SSSR count). The summed E-state index contributed by atoms with van der Waals surface area (Å²) in [7, 11) is 0. The molecule has 0 radical (unpaired) electrons. The highest BCUT2D eigenvalue weighted by molar-refractivity contribution is 5.41. The summed E-state index contributed by atoms with van der Waals surface area (Å²) < 4.78 is 6.22. The number of ether oxygens (including phenoxy) is 1. The maximum atomic E-state index is 6.22. The predicted octanol–water partition coefficient (Wildman–Crippen LogP) is 6.26. The second kappa shape index (κ2) is 10.1. The molecule has 1 unspecified atom stereocenters. The fraction of sp³-hybridized carbons (Fsp3) is 0.520. The van der Waals surface area contributed by atoms with Crippen molar-refractivity contribution in [2.75, 3.05) is 0 Å². The van der Waals surface area contributed by atoms with Crippen LogP contribution in [-0.2, 0) is 23.2 Å². The number of rotatable bonds is 10. The van der Waals surface area contributed by atoms with Crippen LogP contribution >= 0.6 is 0 Å². The average molecular weight is 384 g/mol. The lowest BCUT2D eigenvalue weighted by molar-refractivity contribution is -0.145. The van der Waals surface area contributed by atoms with Crippen molar-refractivity contribution >= 4 is 0 Å². The van der Waals surface area contributed by atoms with E-state index in [1.165, 1.54) is 16.7 Å². The SMILES string of the molecule is CC(C)Cc1cccc(OC(C)ONC(C)(C)c2ccccc2)c1CC(C)C. The Hall–Kier alpha value is -1.84. The Balaban J connectivity index is 2.09. The summed E-state index contributed by atoms with van der Waals surface area (Å²) in [6.07, 6.45) is 1.67. The first-order valence-electron chi connectivity index (χ1n) is 10.4. The summed E-state index contributed by atoms with van der Waals surface area (Å²) >= 11 is 0. The number of hydrogen-bond acceptors (Lipinski definition) is 3. The maximum absolute atomic E-state index is 6.22. The molecule has 2 aromatic carbocycles. The van der Waals surface area contributed by atoms with Crippen molar-refractivity contribution in [3.8, 4) is 5.75 Å². The molecule has 1 atom stereocenters. The minimum atomic E-state index is -0.400. The molecule has 3 heteroatoms. The van der Waals surface area contributed by atoms with E-state index in [2.05, 4.69) is 77.4 Å². The van der Waals surface area contributed by atoms with E-state index in [9.17, 15) is 0 Å². The summed E-state index contributed by atoms with van der Waals surface area (Å²) in [6, 6.07) is 16.7. The Bertz CT molecular complexity index is 723. The molecule has 0 bridgehead atoms. The first-order chi connectivity index (χ1) is 13.2. The molecule has 0 aliphatic carbocycles. The zero-order valence-corrected chi connectivity index (χ0v) is 18.6. The van der Waals surface area contributed by atoms with Crippen LogP contribution in [-0.4, -0.2) is 6.29 Å². The molecule has 0 fully saturated rings. The molecule has 3 nitrogen and oxygen atoms in total. The zero-order chi connectivity index (χ0) is 20.7. The zero-order valence-electron chi connectivity index (χ0n) is 18.6. The molecule has 0 aliphatic rings. The predicted molar refractivity (Wildman–Crippen MR) is 117 cm³/mol. The highest BCUT2D eigenvalue weighted by Gasteiger charge is 2.22. The number of nitrogens with one attached hydrogen (secondary N) is 1. The molecular formula is C25H37NO2. The molecule has 28 heavy (non-hydrogen) atoms. The van der Waals surface area contributed by atoms with Crippen LogP contribution in [0.15, 0.2) is 48.5 Å². The lowest BCUT2D eigenvalue weighted by Crippen LogP contribution is -2.40. The van der Waals surface area contributed by atoms with Crippen LogP contribution in [0.1, 0.15) is 65.2 Å². The van der Waals surface area contributed by atoms with Gasteiger partial charge in [0.15, 0.2) is 0 Å². The second-order valence-corrected chi connectivity index (χ2v) is 8.99. The van der Waals surface area contributed by atoms with Crippen LogP contribution < -0.4 is 10.2 Å². The van der Waals surface area contributed by atoms with Gasteiger partial charge in [-0.15, -0.1) is 0 Å². The molecule has 0 spiro atoms. The number of hydrogen-bond donors (Lipinski definition) is 1. The molecule has 0 aromatic heterocycles. The summed E-state index contributed by atoms with van der Waals surface area (Å²) in [5.74, 6) is 2.11. The van der Waals surface area contributed by atoms with Crippen LogP contribution in [0.5, 0.6) is 5.75 Å². The molecule has 0 aliphatic heterocycles. The van der Waals surface area contributed by atoms with Gasteiger partial charge in [0.1, 0.15) is 5.75 Å². The van der Waals surface area contributed by atoms with Gasteiger partial charge >= 0.3 is 0 Å². The maximum Gasteiger partial charge on any atom is 0.215 e. The Kier molecular flexibility index (Phi) is 8.09. The molecule has 154 valence electrons. The van der Waals surface area contributed by atoms with Gasteiger partial charge in [0.2, 0.25) is 6.29 Å². The summed E-state index contributed by atoms with van der Waals surface area (Å²) in [5.41, 5.74) is 6.73. The number of benzene rings is 2. The minimum absolute atomic E-state index is 0.306. The van der Waals surface area contributed by atoms with E-state index in [1.807, 2.05) is 25.1 Å². The monoisotopic (exact) mass is 383 g/mol. The van der Waals surface area contributed by atoms with Gasteiger partial charge in [-0.2, -0.15) is 5.48 Å². The van der Waals surface area contributed by atoms with Gasteiger partial charge in [0, 0.05) is 0 Å². The van der Waals surface area contributed by atoms with E-state index in [1.54, 1.807) is 0 Å². The van der Waals surface area contributed by atoms with Crippen molar-refractivity contribution in [2.24, 2.45) is 11.8 Å². The minimum Gasteiger partial charge on any atom is -0.463 e. The van der Waals surface area contributed by atoms with Gasteiger partial charge in [-0.1, -0.05) is 70.2 Å². The van der Waals surface area contributed by atoms with Gasteiger partial charge in [0.05, 0.1) is 5.54 Å². The molecule has 0 heterocycles. The molecule has 0 amide bonds. The van der Waals surface area contributed by atoms with E-state index in [-0.39, 0.29) is 5.54 Å². The number of hydroxylamine groups is 1. The van der Waals surface area contributed by atoms with E-state index in [0.29, 0.717) is 11.8 Å². The standard InChI is InChI=1S/C25H37NO2/c1-18(2)16-21-12-11-15-24(23(21)17-19(3)4)27-20(5)28-26-25(6,7)22-13-9-8-10-14-22/h8-15,18-20,26H,16-17H2,1-7H3. The first kappa shape index (κ1) is 22.4. The third kappa shape index (κ3) is 6.65. The molecule has 0 saturated carbocycles. The Morgan fingerprint density at radius 1 is 0.821 bits per heavy atom. The van der Waals surface area contributed by atoms with E-state index in [4.69, 9.17) is 9.57 Å². The normalized spacial score (nSPS) is 13.2. The van der Waals surface area contributed by atoms with Crippen LogP contribution in [0, 0.1) is 11.8 Å². The lowest BCUT2D eigenvalue weighted by atomic mass is 9.92. The topological polar surface area (TPSA) is 30.5 Å². The van der Waals surface area contributed by atoms with Gasteiger partial charge in [-0.3, -0.25) is 4.84 Å². The lowest BCUT2D eigenvalue weighted by Gasteiger charge is -2.29. The van der Waals surface area contributed by atoms with Crippen LogP contribution in [0.2, 0.25) is 0 Å². The molecule has 0 saturated heterocycles. The Morgan fingerprint density at radius 2 is 1.46 bits per heavy atom. The van der Waals surface area contributed by atoms with Crippen molar-refractivity contribution in [3.63, 3.8) is 0 Å². The molecule has 2 aromatic rings. The highest BCUT2D eigenvalue weighted by Crippen LogP contribution is 2.28. The van der Waals surface area contributed by atoms with E-state index in [0.717, 1.165) is 18.6 Å². The third-order valence-corrected chi connectivity index (χ3v) is 4.74. The summed E-state index contributed by atoms with van der Waals surface area (Å²) in [4.78, 5) is 5.87.